The Morgan fingerprint density at radius 3 is 2.21 bits per heavy atom. The second-order valence-electron chi connectivity index (χ2n) is 10.8. The van der Waals surface area contributed by atoms with Crippen LogP contribution >= 0.6 is 11.6 Å². The molecule has 0 aromatic heterocycles. The van der Waals surface area contributed by atoms with Gasteiger partial charge in [-0.2, -0.15) is 0 Å². The van der Waals surface area contributed by atoms with Crippen molar-refractivity contribution < 1.29 is 18.0 Å². The standard InChI is InChI=1S/C33H42ClN3O4S/c1-6-25(3)35-33(39)31(22-27-13-8-7-9-14-27)36(23-28-17-19-29(34)20-18-28)32(38)16-11-21-37(42(5,40)41)30-15-10-12-24(2)26(30)4/h7-10,12-15,17-20,25,31H,6,11,16,21-23H2,1-5H3,(H,35,39)/t25-,31-/m0/s1. The quantitative estimate of drug-likeness (QED) is 0.240. The van der Waals surface area contributed by atoms with Crippen LogP contribution in [-0.2, 0) is 32.6 Å². The summed E-state index contributed by atoms with van der Waals surface area (Å²) >= 11 is 6.11. The van der Waals surface area contributed by atoms with E-state index >= 15 is 0 Å². The Morgan fingerprint density at radius 2 is 1.60 bits per heavy atom. The molecule has 7 nitrogen and oxygen atoms in total. The highest BCUT2D eigenvalue weighted by Gasteiger charge is 2.31. The van der Waals surface area contributed by atoms with Crippen LogP contribution in [0.25, 0.3) is 0 Å². The number of sulfonamides is 1. The van der Waals surface area contributed by atoms with Crippen LogP contribution in [0.4, 0.5) is 5.69 Å². The lowest BCUT2D eigenvalue weighted by Crippen LogP contribution is -2.52. The summed E-state index contributed by atoms with van der Waals surface area (Å²) in [5.74, 6) is -0.441. The maximum Gasteiger partial charge on any atom is 0.243 e. The van der Waals surface area contributed by atoms with Crippen LogP contribution in [0.15, 0.2) is 72.8 Å². The summed E-state index contributed by atoms with van der Waals surface area (Å²) in [4.78, 5) is 29.2. The van der Waals surface area contributed by atoms with Crippen molar-refractivity contribution >= 4 is 39.1 Å². The van der Waals surface area contributed by atoms with Crippen LogP contribution in [0, 0.1) is 13.8 Å². The van der Waals surface area contributed by atoms with Gasteiger partial charge in [-0.1, -0.05) is 73.1 Å². The van der Waals surface area contributed by atoms with Gasteiger partial charge in [-0.15, -0.1) is 0 Å². The molecule has 0 aliphatic heterocycles. The van der Waals surface area contributed by atoms with Crippen LogP contribution in [0.1, 0.15) is 55.4 Å². The number of carbonyl (C=O) groups is 2. The third kappa shape index (κ3) is 9.33. The van der Waals surface area contributed by atoms with Crippen molar-refractivity contribution in [2.45, 2.75) is 72.0 Å². The van der Waals surface area contributed by atoms with Gasteiger partial charge < -0.3 is 10.2 Å². The van der Waals surface area contributed by atoms with E-state index in [9.17, 15) is 18.0 Å². The Labute approximate surface area is 255 Å². The predicted octanol–water partition coefficient (Wildman–Crippen LogP) is 6.06. The number of nitrogens with zero attached hydrogens (tertiary/aromatic N) is 2. The summed E-state index contributed by atoms with van der Waals surface area (Å²) in [7, 11) is -3.58. The molecule has 0 aliphatic rings. The molecule has 0 unspecified atom stereocenters. The smallest absolute Gasteiger partial charge is 0.243 e. The highest BCUT2D eigenvalue weighted by Crippen LogP contribution is 2.26. The Bertz CT molecular complexity index is 1450. The molecule has 0 bridgehead atoms. The van der Waals surface area contributed by atoms with Crippen molar-refractivity contribution in [2.24, 2.45) is 0 Å². The summed E-state index contributed by atoms with van der Waals surface area (Å²) in [6.07, 6.45) is 2.65. The second-order valence-corrected chi connectivity index (χ2v) is 13.2. The molecule has 0 radical (unpaired) electrons. The zero-order valence-corrected chi connectivity index (χ0v) is 26.7. The molecule has 226 valence electrons. The monoisotopic (exact) mass is 611 g/mol. The van der Waals surface area contributed by atoms with Crippen LogP contribution in [0.3, 0.4) is 0 Å². The maximum absolute atomic E-state index is 13.9. The molecule has 2 amide bonds. The summed E-state index contributed by atoms with van der Waals surface area (Å²) in [6.45, 7) is 8.13. The third-order valence-electron chi connectivity index (χ3n) is 7.54. The molecule has 0 saturated carbocycles. The number of hydrogen-bond acceptors (Lipinski definition) is 4. The number of nitrogens with one attached hydrogen (secondary N) is 1. The summed E-state index contributed by atoms with van der Waals surface area (Å²) < 4.78 is 26.9. The van der Waals surface area contributed by atoms with Gasteiger partial charge >= 0.3 is 0 Å². The first kappa shape index (κ1) is 33.1. The molecule has 0 aliphatic carbocycles. The Kier molecular flexibility index (Phi) is 12.0. The van der Waals surface area contributed by atoms with E-state index in [-0.39, 0.29) is 37.4 Å². The lowest BCUT2D eigenvalue weighted by molar-refractivity contribution is -0.141. The summed E-state index contributed by atoms with van der Waals surface area (Å²) in [6, 6.07) is 21.6. The molecule has 0 heterocycles. The van der Waals surface area contributed by atoms with E-state index in [4.69, 9.17) is 11.6 Å². The fourth-order valence-electron chi connectivity index (χ4n) is 4.77. The van der Waals surface area contributed by atoms with Gasteiger partial charge in [-0.05, 0) is 74.1 Å². The van der Waals surface area contributed by atoms with Gasteiger partial charge in [0.05, 0.1) is 11.9 Å². The average Bonchev–Trinajstić information content (AvgIpc) is 2.95. The van der Waals surface area contributed by atoms with Gasteiger partial charge in [0.15, 0.2) is 0 Å². The molecule has 0 fully saturated rings. The maximum atomic E-state index is 13.9. The van der Waals surface area contributed by atoms with Gasteiger partial charge in [-0.3, -0.25) is 13.9 Å². The van der Waals surface area contributed by atoms with Gasteiger partial charge in [-0.25, -0.2) is 8.42 Å². The summed E-state index contributed by atoms with van der Waals surface area (Å²) in [5.41, 5.74) is 4.26. The first-order valence-electron chi connectivity index (χ1n) is 14.3. The predicted molar refractivity (Wildman–Crippen MR) is 171 cm³/mol. The number of hydrogen-bond donors (Lipinski definition) is 1. The van der Waals surface area contributed by atoms with Gasteiger partial charge in [0.1, 0.15) is 6.04 Å². The van der Waals surface area contributed by atoms with Gasteiger partial charge in [0, 0.05) is 37.0 Å². The highest BCUT2D eigenvalue weighted by molar-refractivity contribution is 7.92. The van der Waals surface area contributed by atoms with E-state index in [1.807, 2.05) is 82.3 Å². The molecular weight excluding hydrogens is 570 g/mol. The topological polar surface area (TPSA) is 86.8 Å². The summed E-state index contributed by atoms with van der Waals surface area (Å²) in [5, 5.41) is 3.65. The van der Waals surface area contributed by atoms with Crippen LogP contribution in [0.2, 0.25) is 5.02 Å². The van der Waals surface area contributed by atoms with Crippen molar-refractivity contribution in [2.75, 3.05) is 17.1 Å². The lowest BCUT2D eigenvalue weighted by Gasteiger charge is -2.33. The number of aryl methyl sites for hydroxylation is 1. The van der Waals surface area contributed by atoms with Crippen molar-refractivity contribution in [1.82, 2.24) is 10.2 Å². The Balaban J connectivity index is 1.90. The van der Waals surface area contributed by atoms with Crippen LogP contribution < -0.4 is 9.62 Å². The van der Waals surface area contributed by atoms with E-state index in [0.29, 0.717) is 23.6 Å². The number of anilines is 1. The number of benzene rings is 3. The van der Waals surface area contributed by atoms with Crippen LogP contribution in [0.5, 0.6) is 0 Å². The first-order chi connectivity index (χ1) is 19.9. The van der Waals surface area contributed by atoms with E-state index < -0.39 is 16.1 Å². The van der Waals surface area contributed by atoms with E-state index in [1.54, 1.807) is 23.1 Å². The molecule has 3 rings (SSSR count). The molecular formula is C33H42ClN3O4S. The Hall–Kier alpha value is -3.36. The van der Waals surface area contributed by atoms with Crippen molar-refractivity contribution in [3.05, 3.63) is 100 Å². The minimum atomic E-state index is -3.58. The molecule has 0 saturated heterocycles. The average molecular weight is 612 g/mol. The molecule has 3 aromatic carbocycles. The number of halogens is 1. The van der Waals surface area contributed by atoms with Gasteiger partial charge in [0.25, 0.3) is 0 Å². The fourth-order valence-corrected chi connectivity index (χ4v) is 5.91. The zero-order valence-electron chi connectivity index (χ0n) is 25.1. The highest BCUT2D eigenvalue weighted by atomic mass is 35.5. The number of rotatable bonds is 14. The molecule has 42 heavy (non-hydrogen) atoms. The fraction of sp³-hybridized carbons (Fsp3) is 0.394. The van der Waals surface area contributed by atoms with E-state index in [0.717, 1.165) is 28.7 Å². The molecule has 0 spiro atoms. The largest absolute Gasteiger partial charge is 0.352 e. The van der Waals surface area contributed by atoms with Crippen molar-refractivity contribution in [3.8, 4) is 0 Å². The van der Waals surface area contributed by atoms with E-state index in [2.05, 4.69) is 5.32 Å². The molecule has 1 N–H and O–H groups in total. The second kappa shape index (κ2) is 15.2. The SMILES string of the molecule is CC[C@H](C)NC(=O)[C@H](Cc1ccccc1)N(Cc1ccc(Cl)cc1)C(=O)CCCN(c1cccc(C)c1C)S(C)(=O)=O. The minimum Gasteiger partial charge on any atom is -0.352 e. The molecule has 3 aromatic rings. The van der Waals surface area contributed by atoms with Crippen LogP contribution in [-0.4, -0.2) is 50.0 Å². The molecule has 2 atom stereocenters. The third-order valence-corrected chi connectivity index (χ3v) is 8.97. The molecule has 9 heteroatoms. The van der Waals surface area contributed by atoms with Crippen molar-refractivity contribution in [3.63, 3.8) is 0 Å². The number of carbonyl (C=O) groups excluding carboxylic acids is 2. The normalized spacial score (nSPS) is 12.8. The van der Waals surface area contributed by atoms with Crippen molar-refractivity contribution in [1.29, 1.82) is 0 Å². The number of amides is 2. The van der Waals surface area contributed by atoms with E-state index in [1.165, 1.54) is 10.6 Å². The Morgan fingerprint density at radius 1 is 0.929 bits per heavy atom. The van der Waals surface area contributed by atoms with Gasteiger partial charge in [0.2, 0.25) is 21.8 Å². The first-order valence-corrected chi connectivity index (χ1v) is 16.6. The minimum absolute atomic E-state index is 0.0517. The zero-order chi connectivity index (χ0) is 30.9. The lowest BCUT2D eigenvalue weighted by atomic mass is 10.0.